The molecule has 0 spiro atoms. The summed E-state index contributed by atoms with van der Waals surface area (Å²) in [5.41, 5.74) is 1.08. The molecule has 124 valence electrons. The predicted molar refractivity (Wildman–Crippen MR) is 86.0 cm³/mol. The van der Waals surface area contributed by atoms with Crippen molar-refractivity contribution in [1.82, 2.24) is 29.1 Å². The number of hydrogen-bond acceptors (Lipinski definition) is 8. The maximum Gasteiger partial charge on any atom is 0.396 e. The lowest BCUT2D eigenvalue weighted by atomic mass is 10.5. The number of nitrogens with zero attached hydrogens (tertiary/aromatic N) is 7. The molecule has 0 aliphatic rings. The standard InChI is InChI=1S/C13H13N7O3S/c1-4-5-23-11-8-9(14-6-18(8)2)16-13(17-11)24-12-10(20(21)22)15-7-19(12)3/h4,6-7H,1,5H2,2-3H3. The van der Waals surface area contributed by atoms with E-state index in [1.54, 1.807) is 35.6 Å². The SMILES string of the molecule is C=CCOc1nc(Sc2c([N+](=O)[O-])ncn2C)nc2ncn(C)c12. The van der Waals surface area contributed by atoms with Crippen LogP contribution in [0.3, 0.4) is 0 Å². The first-order valence-electron chi connectivity index (χ1n) is 6.77. The average molecular weight is 347 g/mol. The smallest absolute Gasteiger partial charge is 0.396 e. The van der Waals surface area contributed by atoms with Gasteiger partial charge in [-0.2, -0.15) is 4.98 Å². The summed E-state index contributed by atoms with van der Waals surface area (Å²) in [5, 5.41) is 11.7. The van der Waals surface area contributed by atoms with E-state index >= 15 is 0 Å². The number of imidazole rings is 2. The number of aryl methyl sites for hydroxylation is 2. The highest BCUT2D eigenvalue weighted by Gasteiger charge is 2.23. The third-order valence-corrected chi connectivity index (χ3v) is 4.11. The van der Waals surface area contributed by atoms with Crippen LogP contribution in [-0.2, 0) is 14.1 Å². The number of nitro groups is 1. The molecule has 0 unspecified atom stereocenters. The van der Waals surface area contributed by atoms with E-state index in [0.29, 0.717) is 22.1 Å². The molecular formula is C13H13N7O3S. The van der Waals surface area contributed by atoms with Crippen LogP contribution in [0, 0.1) is 10.1 Å². The van der Waals surface area contributed by atoms with E-state index in [0.717, 1.165) is 11.8 Å². The van der Waals surface area contributed by atoms with E-state index in [9.17, 15) is 10.1 Å². The summed E-state index contributed by atoms with van der Waals surface area (Å²) >= 11 is 1.03. The fourth-order valence-corrected chi connectivity index (χ4v) is 2.87. The van der Waals surface area contributed by atoms with Gasteiger partial charge in [0.25, 0.3) is 0 Å². The summed E-state index contributed by atoms with van der Waals surface area (Å²) in [6.07, 6.45) is 4.57. The summed E-state index contributed by atoms with van der Waals surface area (Å²) < 4.78 is 8.86. The topological polar surface area (TPSA) is 114 Å². The third kappa shape index (κ3) is 2.80. The molecule has 0 aliphatic heterocycles. The largest absolute Gasteiger partial charge is 0.472 e. The number of hydrogen-bond donors (Lipinski definition) is 0. The molecule has 0 bridgehead atoms. The zero-order valence-corrected chi connectivity index (χ0v) is 13.7. The monoisotopic (exact) mass is 347 g/mol. The molecule has 0 saturated carbocycles. The van der Waals surface area contributed by atoms with Gasteiger partial charge in [-0.1, -0.05) is 12.7 Å². The van der Waals surface area contributed by atoms with Crippen LogP contribution in [0.15, 0.2) is 35.5 Å². The molecule has 24 heavy (non-hydrogen) atoms. The number of rotatable bonds is 6. The van der Waals surface area contributed by atoms with Crippen molar-refractivity contribution >= 4 is 28.7 Å². The van der Waals surface area contributed by atoms with Crippen molar-refractivity contribution in [1.29, 1.82) is 0 Å². The Labute approximate surface area is 140 Å². The third-order valence-electron chi connectivity index (χ3n) is 3.08. The molecule has 0 N–H and O–H groups in total. The second kappa shape index (κ2) is 6.28. The second-order valence-electron chi connectivity index (χ2n) is 4.78. The van der Waals surface area contributed by atoms with Gasteiger partial charge < -0.3 is 24.0 Å². The van der Waals surface area contributed by atoms with E-state index in [-0.39, 0.29) is 17.6 Å². The summed E-state index contributed by atoms with van der Waals surface area (Å²) in [5.74, 6) is 0.0907. The van der Waals surface area contributed by atoms with Crippen molar-refractivity contribution in [2.24, 2.45) is 14.1 Å². The first-order chi connectivity index (χ1) is 11.5. The van der Waals surface area contributed by atoms with Crippen molar-refractivity contribution in [3.63, 3.8) is 0 Å². The lowest BCUT2D eigenvalue weighted by molar-refractivity contribution is -0.392. The molecule has 10 nitrogen and oxygen atoms in total. The first-order valence-corrected chi connectivity index (χ1v) is 7.59. The van der Waals surface area contributed by atoms with Crippen LogP contribution < -0.4 is 4.74 Å². The molecule has 3 rings (SSSR count). The van der Waals surface area contributed by atoms with E-state index < -0.39 is 4.92 Å². The van der Waals surface area contributed by atoms with Crippen molar-refractivity contribution in [2.75, 3.05) is 6.61 Å². The molecule has 0 aromatic carbocycles. The van der Waals surface area contributed by atoms with Crippen molar-refractivity contribution in [3.8, 4) is 5.88 Å². The van der Waals surface area contributed by atoms with E-state index in [4.69, 9.17) is 4.74 Å². The Balaban J connectivity index is 2.06. The Bertz CT molecular complexity index is 933. The van der Waals surface area contributed by atoms with Gasteiger partial charge in [0, 0.05) is 14.1 Å². The van der Waals surface area contributed by atoms with Gasteiger partial charge >= 0.3 is 5.82 Å². The molecule has 0 aliphatic carbocycles. The number of aromatic nitrogens is 6. The van der Waals surface area contributed by atoms with Gasteiger partial charge in [0.05, 0.1) is 6.33 Å². The Hall–Kier alpha value is -2.95. The van der Waals surface area contributed by atoms with Gasteiger partial charge in [0.1, 0.15) is 6.61 Å². The Morgan fingerprint density at radius 2 is 2.08 bits per heavy atom. The maximum absolute atomic E-state index is 11.1. The second-order valence-corrected chi connectivity index (χ2v) is 5.74. The van der Waals surface area contributed by atoms with Gasteiger partial charge in [-0.15, -0.1) is 0 Å². The van der Waals surface area contributed by atoms with Crippen molar-refractivity contribution in [3.05, 3.63) is 35.4 Å². The number of ether oxygens (including phenoxy) is 1. The highest BCUT2D eigenvalue weighted by Crippen LogP contribution is 2.34. The molecule has 3 aromatic rings. The molecule has 0 saturated heterocycles. The Morgan fingerprint density at radius 1 is 1.33 bits per heavy atom. The van der Waals surface area contributed by atoms with E-state index in [1.165, 1.54) is 6.33 Å². The van der Waals surface area contributed by atoms with Crippen LogP contribution in [0.2, 0.25) is 0 Å². The Morgan fingerprint density at radius 3 is 2.79 bits per heavy atom. The molecule has 3 heterocycles. The lowest BCUT2D eigenvalue weighted by Crippen LogP contribution is -2.02. The molecule has 0 fully saturated rings. The van der Waals surface area contributed by atoms with Gasteiger partial charge in [-0.05, 0) is 21.7 Å². The van der Waals surface area contributed by atoms with Gasteiger partial charge in [0.2, 0.25) is 12.2 Å². The molecular weight excluding hydrogens is 334 g/mol. The molecule has 3 aromatic heterocycles. The molecule has 0 radical (unpaired) electrons. The van der Waals surface area contributed by atoms with E-state index in [1.807, 2.05) is 0 Å². The highest BCUT2D eigenvalue weighted by molar-refractivity contribution is 7.99. The summed E-state index contributed by atoms with van der Waals surface area (Å²) in [7, 11) is 3.47. The van der Waals surface area contributed by atoms with Crippen molar-refractivity contribution < 1.29 is 9.66 Å². The van der Waals surface area contributed by atoms with Crippen LogP contribution in [0.4, 0.5) is 5.82 Å². The van der Waals surface area contributed by atoms with E-state index in [2.05, 4.69) is 26.5 Å². The van der Waals surface area contributed by atoms with Crippen LogP contribution in [0.1, 0.15) is 0 Å². The summed E-state index contributed by atoms with van der Waals surface area (Å²) in [4.78, 5) is 27.2. The zero-order chi connectivity index (χ0) is 17.3. The van der Waals surface area contributed by atoms with Crippen LogP contribution in [0.5, 0.6) is 5.88 Å². The number of fused-ring (bicyclic) bond motifs is 1. The minimum Gasteiger partial charge on any atom is -0.472 e. The minimum absolute atomic E-state index is 0.249. The lowest BCUT2D eigenvalue weighted by Gasteiger charge is -2.07. The maximum atomic E-state index is 11.1. The Kier molecular flexibility index (Phi) is 4.16. The van der Waals surface area contributed by atoms with Gasteiger partial charge in [-0.25, -0.2) is 9.97 Å². The summed E-state index contributed by atoms with van der Waals surface area (Å²) in [6, 6.07) is 0. The van der Waals surface area contributed by atoms with Crippen molar-refractivity contribution in [2.45, 2.75) is 10.2 Å². The molecule has 0 atom stereocenters. The fourth-order valence-electron chi connectivity index (χ4n) is 2.02. The zero-order valence-electron chi connectivity index (χ0n) is 12.9. The predicted octanol–water partition coefficient (Wildman–Crippen LogP) is 1.72. The van der Waals surface area contributed by atoms with Crippen LogP contribution in [0.25, 0.3) is 11.2 Å². The quantitative estimate of drug-likeness (QED) is 0.286. The normalized spacial score (nSPS) is 10.9. The van der Waals surface area contributed by atoms with Gasteiger partial charge in [-0.3, -0.25) is 0 Å². The summed E-state index contributed by atoms with van der Waals surface area (Å²) in [6.45, 7) is 3.88. The fraction of sp³-hybridized carbons (Fsp3) is 0.231. The van der Waals surface area contributed by atoms with Crippen LogP contribution >= 0.6 is 11.8 Å². The molecule has 11 heteroatoms. The van der Waals surface area contributed by atoms with Crippen LogP contribution in [-0.4, -0.2) is 40.6 Å². The minimum atomic E-state index is -0.545. The average Bonchev–Trinajstić information content (AvgIpc) is 3.09. The molecule has 0 amide bonds. The first kappa shape index (κ1) is 15.9. The highest BCUT2D eigenvalue weighted by atomic mass is 32.2. The van der Waals surface area contributed by atoms with Gasteiger partial charge in [0.15, 0.2) is 21.3 Å².